The van der Waals surface area contributed by atoms with Gasteiger partial charge in [-0.1, -0.05) is 6.92 Å². The van der Waals surface area contributed by atoms with Crippen LogP contribution in [0.15, 0.2) is 0 Å². The van der Waals surface area contributed by atoms with Gasteiger partial charge in [0, 0.05) is 13.1 Å². The number of carboxylic acids is 1. The van der Waals surface area contributed by atoms with E-state index in [2.05, 4.69) is 0 Å². The average Bonchev–Trinajstić information content (AvgIpc) is 2.77. The summed E-state index contributed by atoms with van der Waals surface area (Å²) < 4.78 is 0. The second-order valence-electron chi connectivity index (χ2n) is 5.79. The molecule has 7 nitrogen and oxygen atoms in total. The molecule has 2 aliphatic rings. The van der Waals surface area contributed by atoms with Crippen LogP contribution in [-0.4, -0.2) is 75.5 Å². The van der Waals surface area contributed by atoms with Gasteiger partial charge in [-0.25, -0.2) is 4.79 Å². The fourth-order valence-corrected chi connectivity index (χ4v) is 3.04. The molecule has 0 aliphatic carbocycles. The minimum Gasteiger partial charge on any atom is -0.481 e. The summed E-state index contributed by atoms with van der Waals surface area (Å²) in [5, 5.41) is 28.4. The lowest BCUT2D eigenvalue weighted by atomic mass is 9.78. The molecular weight excluding hydrogens is 264 g/mol. The second-order valence-corrected chi connectivity index (χ2v) is 5.79. The maximum absolute atomic E-state index is 12.4. The third-order valence-electron chi connectivity index (χ3n) is 4.51. The lowest BCUT2D eigenvalue weighted by Gasteiger charge is -2.40. The third kappa shape index (κ3) is 2.60. The normalized spacial score (nSPS) is 34.4. The van der Waals surface area contributed by atoms with Gasteiger partial charge in [0.2, 0.25) is 0 Å². The summed E-state index contributed by atoms with van der Waals surface area (Å²) in [4.78, 5) is 26.7. The Balaban J connectivity index is 2.05. The molecule has 2 rings (SSSR count). The second kappa shape index (κ2) is 5.57. The van der Waals surface area contributed by atoms with Crippen molar-refractivity contribution in [1.82, 2.24) is 9.80 Å². The van der Waals surface area contributed by atoms with Crippen molar-refractivity contribution in [2.24, 2.45) is 5.41 Å². The highest BCUT2D eigenvalue weighted by Gasteiger charge is 2.44. The molecule has 3 atom stereocenters. The Bertz CT molecular complexity index is 392. The average molecular weight is 286 g/mol. The number of likely N-dealkylation sites (tertiary alicyclic amines) is 2. The Morgan fingerprint density at radius 2 is 1.80 bits per heavy atom. The monoisotopic (exact) mass is 286 g/mol. The van der Waals surface area contributed by atoms with E-state index in [1.807, 2.05) is 6.92 Å². The predicted molar refractivity (Wildman–Crippen MR) is 70.1 cm³/mol. The maximum atomic E-state index is 12.4. The Labute approximate surface area is 117 Å². The number of urea groups is 1. The SMILES string of the molecule is CCC1(C(=O)O)CCCN(C(=O)N2CC(O)C(O)C2)C1. The Morgan fingerprint density at radius 1 is 1.20 bits per heavy atom. The van der Waals surface area contributed by atoms with Crippen LogP contribution in [0.4, 0.5) is 4.79 Å². The first-order valence-corrected chi connectivity index (χ1v) is 7.03. The van der Waals surface area contributed by atoms with Gasteiger partial charge >= 0.3 is 12.0 Å². The van der Waals surface area contributed by atoms with Crippen molar-refractivity contribution in [2.45, 2.75) is 38.4 Å². The van der Waals surface area contributed by atoms with Gasteiger partial charge in [0.15, 0.2) is 0 Å². The third-order valence-corrected chi connectivity index (χ3v) is 4.51. The quantitative estimate of drug-likeness (QED) is 0.648. The van der Waals surface area contributed by atoms with Gasteiger partial charge in [-0.15, -0.1) is 0 Å². The lowest BCUT2D eigenvalue weighted by Crippen LogP contribution is -2.53. The smallest absolute Gasteiger partial charge is 0.320 e. The zero-order valence-electron chi connectivity index (χ0n) is 11.7. The molecule has 0 radical (unpaired) electrons. The Hall–Kier alpha value is -1.34. The van der Waals surface area contributed by atoms with E-state index < -0.39 is 23.6 Å². The van der Waals surface area contributed by atoms with Crippen LogP contribution in [0.5, 0.6) is 0 Å². The number of aliphatic hydroxyl groups excluding tert-OH is 2. The van der Waals surface area contributed by atoms with Crippen LogP contribution in [0.3, 0.4) is 0 Å². The van der Waals surface area contributed by atoms with Crippen LogP contribution in [0.25, 0.3) is 0 Å². The van der Waals surface area contributed by atoms with Gasteiger partial charge in [0.25, 0.3) is 0 Å². The summed E-state index contributed by atoms with van der Waals surface area (Å²) >= 11 is 0. The van der Waals surface area contributed by atoms with Gasteiger partial charge in [0.05, 0.1) is 30.7 Å². The Kier molecular flexibility index (Phi) is 4.19. The summed E-state index contributed by atoms with van der Waals surface area (Å²) in [7, 11) is 0. The van der Waals surface area contributed by atoms with Crippen molar-refractivity contribution in [3.8, 4) is 0 Å². The van der Waals surface area contributed by atoms with Crippen LogP contribution in [0.2, 0.25) is 0 Å². The summed E-state index contributed by atoms with van der Waals surface area (Å²) in [6.07, 6.45) is -0.117. The molecule has 0 aromatic rings. The topological polar surface area (TPSA) is 101 Å². The van der Waals surface area contributed by atoms with E-state index in [9.17, 15) is 24.9 Å². The number of hydrogen-bond acceptors (Lipinski definition) is 4. The van der Waals surface area contributed by atoms with Crippen LogP contribution >= 0.6 is 0 Å². The highest BCUT2D eigenvalue weighted by molar-refractivity contribution is 5.79. The van der Waals surface area contributed by atoms with Crippen molar-refractivity contribution < 1.29 is 24.9 Å². The molecule has 2 saturated heterocycles. The van der Waals surface area contributed by atoms with E-state index in [4.69, 9.17) is 0 Å². The fourth-order valence-electron chi connectivity index (χ4n) is 3.04. The van der Waals surface area contributed by atoms with E-state index >= 15 is 0 Å². The minimum atomic E-state index is -0.917. The van der Waals surface area contributed by atoms with Crippen LogP contribution in [-0.2, 0) is 4.79 Å². The number of nitrogens with zero attached hydrogens (tertiary/aromatic N) is 2. The number of aliphatic hydroxyl groups is 2. The highest BCUT2D eigenvalue weighted by atomic mass is 16.4. The zero-order chi connectivity index (χ0) is 14.9. The largest absolute Gasteiger partial charge is 0.481 e. The molecule has 0 bridgehead atoms. The van der Waals surface area contributed by atoms with E-state index in [0.29, 0.717) is 25.8 Å². The summed E-state index contributed by atoms with van der Waals surface area (Å²) in [5.74, 6) is -0.862. The summed E-state index contributed by atoms with van der Waals surface area (Å²) in [6.45, 7) is 2.74. The van der Waals surface area contributed by atoms with Gasteiger partial charge in [-0.05, 0) is 19.3 Å². The number of carboxylic acid groups (broad SMARTS) is 1. The first kappa shape index (κ1) is 15.1. The molecule has 2 fully saturated rings. The standard InChI is InChI=1S/C13H22N2O5/c1-2-13(11(18)19)4-3-5-14(8-13)12(20)15-6-9(16)10(17)7-15/h9-10,16-17H,2-8H2,1H3,(H,18,19). The number of carbonyl (C=O) groups excluding carboxylic acids is 1. The number of piperidine rings is 1. The minimum absolute atomic E-state index is 0.0999. The number of rotatable bonds is 2. The van der Waals surface area contributed by atoms with E-state index in [1.54, 1.807) is 0 Å². The molecule has 0 spiro atoms. The molecule has 3 unspecified atom stereocenters. The first-order valence-electron chi connectivity index (χ1n) is 7.03. The van der Waals surface area contributed by atoms with Crippen molar-refractivity contribution in [1.29, 1.82) is 0 Å². The number of β-amino-alcohol motifs (C(OH)–C–C–N with tert-alkyl or cyclic N) is 2. The molecule has 2 aliphatic heterocycles. The molecule has 0 aromatic heterocycles. The number of amides is 2. The van der Waals surface area contributed by atoms with E-state index in [0.717, 1.165) is 0 Å². The predicted octanol–water partition coefficient (Wildman–Crippen LogP) is -0.279. The van der Waals surface area contributed by atoms with Gasteiger partial charge in [-0.2, -0.15) is 0 Å². The summed E-state index contributed by atoms with van der Waals surface area (Å²) in [5.41, 5.74) is -0.870. The summed E-state index contributed by atoms with van der Waals surface area (Å²) in [6, 6.07) is -0.292. The van der Waals surface area contributed by atoms with Crippen molar-refractivity contribution in [3.63, 3.8) is 0 Å². The number of hydrogen-bond donors (Lipinski definition) is 3. The van der Waals surface area contributed by atoms with Crippen molar-refractivity contribution >= 4 is 12.0 Å². The fraction of sp³-hybridized carbons (Fsp3) is 0.846. The molecule has 2 amide bonds. The highest BCUT2D eigenvalue weighted by Crippen LogP contribution is 2.34. The maximum Gasteiger partial charge on any atom is 0.320 e. The van der Waals surface area contributed by atoms with Gasteiger partial charge in [-0.3, -0.25) is 4.79 Å². The zero-order valence-corrected chi connectivity index (χ0v) is 11.7. The number of carbonyl (C=O) groups is 2. The van der Waals surface area contributed by atoms with Gasteiger partial charge in [0.1, 0.15) is 0 Å². The number of aliphatic carboxylic acids is 1. The molecule has 2 heterocycles. The molecule has 0 aromatic carbocycles. The lowest BCUT2D eigenvalue weighted by molar-refractivity contribution is -0.152. The Morgan fingerprint density at radius 3 is 2.30 bits per heavy atom. The molecule has 3 N–H and O–H groups in total. The van der Waals surface area contributed by atoms with Crippen LogP contribution in [0, 0.1) is 5.41 Å². The molecule has 7 heteroatoms. The van der Waals surface area contributed by atoms with E-state index in [1.165, 1.54) is 9.80 Å². The van der Waals surface area contributed by atoms with Crippen molar-refractivity contribution in [3.05, 3.63) is 0 Å². The van der Waals surface area contributed by atoms with Gasteiger partial charge < -0.3 is 25.1 Å². The molecule has 0 saturated carbocycles. The molecular formula is C13H22N2O5. The molecule has 114 valence electrons. The first-order chi connectivity index (χ1) is 9.39. The van der Waals surface area contributed by atoms with Crippen molar-refractivity contribution in [2.75, 3.05) is 26.2 Å². The van der Waals surface area contributed by atoms with Crippen LogP contribution < -0.4 is 0 Å². The van der Waals surface area contributed by atoms with E-state index in [-0.39, 0.29) is 25.7 Å². The molecule has 20 heavy (non-hydrogen) atoms. The van der Waals surface area contributed by atoms with Crippen LogP contribution in [0.1, 0.15) is 26.2 Å².